The Balaban J connectivity index is 1.48. The smallest absolute Gasteiger partial charge is 0.336 e. The third-order valence-electron chi connectivity index (χ3n) is 4.55. The molecule has 0 aliphatic heterocycles. The number of thiophene rings is 1. The van der Waals surface area contributed by atoms with Crippen molar-refractivity contribution in [2.75, 3.05) is 38.1 Å². The van der Waals surface area contributed by atoms with E-state index >= 15 is 0 Å². The highest BCUT2D eigenvalue weighted by Gasteiger charge is 2.16. The molecule has 9 nitrogen and oxygen atoms in total. The van der Waals surface area contributed by atoms with Gasteiger partial charge in [-0.1, -0.05) is 12.1 Å². The highest BCUT2D eigenvalue weighted by Crippen LogP contribution is 2.28. The number of methoxy groups -OCH3 is 2. The lowest BCUT2D eigenvalue weighted by Crippen LogP contribution is -2.19. The largest absolute Gasteiger partial charge is 0.497 e. The molecule has 0 aliphatic rings. The second-order valence-electron chi connectivity index (χ2n) is 6.81. The molecular weight excluding hydrogens is 442 g/mol. The molecular formula is C23H23N5O4S. The van der Waals surface area contributed by atoms with Crippen molar-refractivity contribution in [3.63, 3.8) is 0 Å². The molecule has 2 aromatic heterocycles. The normalized spacial score (nSPS) is 10.6. The number of ether oxygens (including phenoxy) is 3. The molecule has 170 valence electrons. The number of urea groups is 1. The van der Waals surface area contributed by atoms with E-state index in [1.165, 1.54) is 0 Å². The van der Waals surface area contributed by atoms with Crippen LogP contribution in [-0.2, 0) is 4.74 Å². The van der Waals surface area contributed by atoms with Gasteiger partial charge in [-0.2, -0.15) is 4.98 Å². The van der Waals surface area contributed by atoms with Gasteiger partial charge >= 0.3 is 12.0 Å². The van der Waals surface area contributed by atoms with Gasteiger partial charge in [-0.3, -0.25) is 0 Å². The van der Waals surface area contributed by atoms with E-state index in [4.69, 9.17) is 14.2 Å². The molecule has 2 aromatic carbocycles. The van der Waals surface area contributed by atoms with Crippen LogP contribution in [0.25, 0.3) is 16.4 Å². The highest BCUT2D eigenvalue weighted by molar-refractivity contribution is 7.13. The molecule has 4 aromatic rings. The van der Waals surface area contributed by atoms with E-state index in [0.717, 1.165) is 10.6 Å². The number of benzene rings is 2. The maximum atomic E-state index is 12.4. The lowest BCUT2D eigenvalue weighted by atomic mass is 10.2. The number of nitrogens with one attached hydrogen (secondary N) is 2. The molecule has 4 rings (SSSR count). The monoisotopic (exact) mass is 465 g/mol. The summed E-state index contributed by atoms with van der Waals surface area (Å²) in [6, 6.07) is 18.3. The summed E-state index contributed by atoms with van der Waals surface area (Å²) in [6.07, 6.45) is 0. The number of aromatic nitrogens is 3. The van der Waals surface area contributed by atoms with E-state index in [2.05, 4.69) is 20.7 Å². The molecule has 0 radical (unpaired) electrons. The van der Waals surface area contributed by atoms with Gasteiger partial charge in [0.25, 0.3) is 0 Å². The van der Waals surface area contributed by atoms with E-state index in [1.54, 1.807) is 60.6 Å². The Kier molecular flexibility index (Phi) is 7.18. The maximum absolute atomic E-state index is 12.4. The van der Waals surface area contributed by atoms with Crippen molar-refractivity contribution in [2.45, 2.75) is 0 Å². The zero-order valence-electron chi connectivity index (χ0n) is 18.1. The lowest BCUT2D eigenvalue weighted by molar-refractivity contribution is 0.141. The summed E-state index contributed by atoms with van der Waals surface area (Å²) >= 11 is 1.56. The van der Waals surface area contributed by atoms with Crippen LogP contribution in [-0.4, -0.2) is 48.2 Å². The highest BCUT2D eigenvalue weighted by atomic mass is 32.1. The van der Waals surface area contributed by atoms with Crippen LogP contribution >= 0.6 is 11.3 Å². The number of hydrogen-bond acceptors (Lipinski definition) is 7. The fourth-order valence-corrected chi connectivity index (χ4v) is 3.69. The Morgan fingerprint density at radius 2 is 1.82 bits per heavy atom. The average Bonchev–Trinajstić information content (AvgIpc) is 3.50. The van der Waals surface area contributed by atoms with Gasteiger partial charge < -0.3 is 24.8 Å². The van der Waals surface area contributed by atoms with Gasteiger partial charge in [-0.05, 0) is 47.8 Å². The zero-order valence-corrected chi connectivity index (χ0v) is 19.0. The van der Waals surface area contributed by atoms with E-state index in [0.29, 0.717) is 36.2 Å². The first kappa shape index (κ1) is 22.3. The Labute approximate surface area is 194 Å². The summed E-state index contributed by atoms with van der Waals surface area (Å²) in [7, 11) is 3.19. The zero-order chi connectivity index (χ0) is 23.0. The fourth-order valence-electron chi connectivity index (χ4n) is 3.00. The number of carbonyl (C=O) groups is 1. The van der Waals surface area contributed by atoms with Gasteiger partial charge in [-0.15, -0.1) is 16.4 Å². The summed E-state index contributed by atoms with van der Waals surface area (Å²) in [4.78, 5) is 17.8. The second kappa shape index (κ2) is 10.6. The molecule has 0 saturated heterocycles. The number of carbonyl (C=O) groups excluding carboxylic acids is 1. The molecule has 0 spiro atoms. The summed E-state index contributed by atoms with van der Waals surface area (Å²) in [5.74, 6) is 1.34. The molecule has 10 heteroatoms. The Bertz CT molecular complexity index is 1190. The second-order valence-corrected chi connectivity index (χ2v) is 7.75. The number of anilines is 2. The molecule has 2 N–H and O–H groups in total. The van der Waals surface area contributed by atoms with Gasteiger partial charge in [0, 0.05) is 24.6 Å². The van der Waals surface area contributed by atoms with Crippen molar-refractivity contribution < 1.29 is 19.0 Å². The van der Waals surface area contributed by atoms with Gasteiger partial charge in [0.15, 0.2) is 5.82 Å². The first-order valence-corrected chi connectivity index (χ1v) is 11.0. The summed E-state index contributed by atoms with van der Waals surface area (Å²) in [6.45, 7) is 0.802. The van der Waals surface area contributed by atoms with E-state index < -0.39 is 0 Å². The van der Waals surface area contributed by atoms with Crippen LogP contribution in [0.3, 0.4) is 0 Å². The molecule has 0 bridgehead atoms. The minimum absolute atomic E-state index is 0.273. The first-order chi connectivity index (χ1) is 16.2. The summed E-state index contributed by atoms with van der Waals surface area (Å²) < 4.78 is 17.5. The molecule has 0 fully saturated rings. The molecule has 2 heterocycles. The van der Waals surface area contributed by atoms with Crippen LogP contribution in [0.15, 0.2) is 66.0 Å². The Hall–Kier alpha value is -3.89. The van der Waals surface area contributed by atoms with Crippen molar-refractivity contribution in [1.82, 2.24) is 14.8 Å². The Morgan fingerprint density at radius 1 is 1.00 bits per heavy atom. The quantitative estimate of drug-likeness (QED) is 0.349. The van der Waals surface area contributed by atoms with Gasteiger partial charge in [-0.25, -0.2) is 9.48 Å². The van der Waals surface area contributed by atoms with Crippen molar-refractivity contribution >= 4 is 28.7 Å². The molecule has 0 aliphatic carbocycles. The standard InChI is InChI=1S/C23H23N5O4S/c1-30-12-13-32-23-26-21(20-7-4-14-33-20)28(27-23)18-10-8-16(9-11-18)24-22(29)25-17-5-3-6-19(15-17)31-2/h3-11,14-15H,12-13H2,1-2H3,(H2,24,25,29). The number of rotatable bonds is 9. The van der Waals surface area contributed by atoms with Gasteiger partial charge in [0.05, 0.1) is 24.3 Å². The summed E-state index contributed by atoms with van der Waals surface area (Å²) in [5.41, 5.74) is 2.05. The van der Waals surface area contributed by atoms with Crippen LogP contribution in [0, 0.1) is 0 Å². The molecule has 0 unspecified atom stereocenters. The molecule has 33 heavy (non-hydrogen) atoms. The summed E-state index contributed by atoms with van der Waals surface area (Å²) in [5, 5.41) is 12.1. The third-order valence-corrected chi connectivity index (χ3v) is 5.41. The SMILES string of the molecule is COCCOc1nc(-c2cccs2)n(-c2ccc(NC(=O)Nc3cccc(OC)c3)cc2)n1. The minimum atomic E-state index is -0.357. The van der Waals surface area contributed by atoms with Crippen molar-refractivity contribution in [1.29, 1.82) is 0 Å². The maximum Gasteiger partial charge on any atom is 0.336 e. The fraction of sp³-hybridized carbons (Fsp3) is 0.174. The molecule has 0 saturated carbocycles. The van der Waals surface area contributed by atoms with E-state index in [1.807, 2.05) is 35.7 Å². The van der Waals surface area contributed by atoms with E-state index in [9.17, 15) is 4.79 Å². The van der Waals surface area contributed by atoms with E-state index in [-0.39, 0.29) is 12.0 Å². The van der Waals surface area contributed by atoms with Crippen molar-refractivity contribution in [3.05, 3.63) is 66.0 Å². The van der Waals surface area contributed by atoms with Crippen molar-refractivity contribution in [3.8, 4) is 28.1 Å². The third kappa shape index (κ3) is 5.68. The topological polar surface area (TPSA) is 99.5 Å². The van der Waals surface area contributed by atoms with Gasteiger partial charge in [0.1, 0.15) is 12.4 Å². The predicted molar refractivity (Wildman–Crippen MR) is 128 cm³/mol. The van der Waals surface area contributed by atoms with Crippen LogP contribution in [0.5, 0.6) is 11.8 Å². The number of nitrogens with zero attached hydrogens (tertiary/aromatic N) is 3. The number of amides is 2. The number of hydrogen-bond donors (Lipinski definition) is 2. The lowest BCUT2D eigenvalue weighted by Gasteiger charge is -2.10. The van der Waals surface area contributed by atoms with Crippen LogP contribution < -0.4 is 20.1 Å². The van der Waals surface area contributed by atoms with Crippen LogP contribution in [0.1, 0.15) is 0 Å². The average molecular weight is 466 g/mol. The van der Waals surface area contributed by atoms with Gasteiger partial charge in [0.2, 0.25) is 0 Å². The Morgan fingerprint density at radius 3 is 2.55 bits per heavy atom. The van der Waals surface area contributed by atoms with Crippen LogP contribution in [0.4, 0.5) is 16.2 Å². The predicted octanol–water partition coefficient (Wildman–Crippen LogP) is 4.67. The minimum Gasteiger partial charge on any atom is -0.497 e. The van der Waals surface area contributed by atoms with Crippen LogP contribution in [0.2, 0.25) is 0 Å². The van der Waals surface area contributed by atoms with Crippen molar-refractivity contribution in [2.24, 2.45) is 0 Å². The molecule has 0 atom stereocenters. The molecule has 2 amide bonds. The first-order valence-electron chi connectivity index (χ1n) is 10.1.